The molecule has 5 nitrogen and oxygen atoms in total. The fraction of sp³-hybridized carbons (Fsp3) is 0.500. The third kappa shape index (κ3) is 3.25. The van der Waals surface area contributed by atoms with Crippen LogP contribution in [0.2, 0.25) is 0 Å². The van der Waals surface area contributed by atoms with Crippen LogP contribution in [-0.2, 0) is 4.74 Å². The number of nitrogens with one attached hydrogen (secondary N) is 1. The van der Waals surface area contributed by atoms with E-state index in [9.17, 15) is 0 Å². The van der Waals surface area contributed by atoms with Crippen LogP contribution in [0.25, 0.3) is 0 Å². The van der Waals surface area contributed by atoms with Crippen molar-refractivity contribution in [1.29, 1.82) is 0 Å². The average Bonchev–Trinajstić information content (AvgIpc) is 2.31. The van der Waals surface area contributed by atoms with E-state index in [0.717, 1.165) is 31.9 Å². The number of rotatable bonds is 3. The van der Waals surface area contributed by atoms with Crippen LogP contribution in [0.1, 0.15) is 0 Å². The summed E-state index contributed by atoms with van der Waals surface area (Å²) in [6.45, 7) is 3.54. The fourth-order valence-electron chi connectivity index (χ4n) is 1.91. The van der Waals surface area contributed by atoms with Gasteiger partial charge in [-0.25, -0.2) is 0 Å². The van der Waals surface area contributed by atoms with Crippen LogP contribution in [0, 0.1) is 0 Å². The summed E-state index contributed by atoms with van der Waals surface area (Å²) in [6.07, 6.45) is 0.229. The highest BCUT2D eigenvalue weighted by atomic mass is 16.5. The molecule has 1 fully saturated rings. The highest BCUT2D eigenvalue weighted by Crippen LogP contribution is 2.19. The van der Waals surface area contributed by atoms with Crippen LogP contribution < -0.4 is 16.8 Å². The molecular weight excluding hydrogens is 216 g/mol. The zero-order valence-corrected chi connectivity index (χ0v) is 10.1. The Morgan fingerprint density at radius 2 is 2.24 bits per heavy atom. The van der Waals surface area contributed by atoms with Crippen molar-refractivity contribution in [2.45, 2.75) is 6.10 Å². The molecule has 0 radical (unpaired) electrons. The second-order valence-electron chi connectivity index (χ2n) is 4.48. The second-order valence-corrected chi connectivity index (χ2v) is 4.48. The molecule has 5 N–H and O–H groups in total. The molecule has 0 aliphatic carbocycles. The molecule has 1 unspecified atom stereocenters. The Labute approximate surface area is 102 Å². The van der Waals surface area contributed by atoms with E-state index in [1.807, 2.05) is 18.2 Å². The third-order valence-electron chi connectivity index (χ3n) is 2.96. The van der Waals surface area contributed by atoms with E-state index in [1.54, 1.807) is 0 Å². The maximum atomic E-state index is 5.75. The zero-order valence-electron chi connectivity index (χ0n) is 10.1. The highest BCUT2D eigenvalue weighted by molar-refractivity contribution is 5.69. The van der Waals surface area contributed by atoms with Gasteiger partial charge in [0.2, 0.25) is 0 Å². The number of nitrogen functional groups attached to an aromatic ring is 2. The molecular formula is C12H20N4O. The highest BCUT2D eigenvalue weighted by Gasteiger charge is 2.17. The smallest absolute Gasteiger partial charge is 0.0874 e. The lowest BCUT2D eigenvalue weighted by molar-refractivity contribution is -0.0117. The minimum atomic E-state index is 0.229. The summed E-state index contributed by atoms with van der Waals surface area (Å²) in [6, 6.07) is 5.59. The van der Waals surface area contributed by atoms with E-state index in [0.29, 0.717) is 11.4 Å². The van der Waals surface area contributed by atoms with Gasteiger partial charge in [-0.1, -0.05) is 0 Å². The molecule has 1 aliphatic heterocycles. The van der Waals surface area contributed by atoms with Crippen molar-refractivity contribution in [3.8, 4) is 0 Å². The monoisotopic (exact) mass is 236 g/mol. The first-order chi connectivity index (χ1) is 8.15. The Balaban J connectivity index is 1.86. The molecule has 1 aromatic rings. The lowest BCUT2D eigenvalue weighted by atomic mass is 10.2. The van der Waals surface area contributed by atoms with Crippen LogP contribution in [-0.4, -0.2) is 44.3 Å². The molecule has 0 amide bonds. The Bertz CT molecular complexity index is 383. The van der Waals surface area contributed by atoms with Crippen LogP contribution in [0.4, 0.5) is 17.1 Å². The summed E-state index contributed by atoms with van der Waals surface area (Å²) < 4.78 is 5.66. The second kappa shape index (κ2) is 5.25. The van der Waals surface area contributed by atoms with Crippen molar-refractivity contribution >= 4 is 17.1 Å². The minimum Gasteiger partial charge on any atom is -0.397 e. The van der Waals surface area contributed by atoms with E-state index in [2.05, 4.69) is 17.3 Å². The van der Waals surface area contributed by atoms with Crippen LogP contribution >= 0.6 is 0 Å². The standard InChI is InChI=1S/C12H20N4O/c1-16-4-5-17-10(8-16)7-15-9-2-3-11(13)12(14)6-9/h2-3,6,10,15H,4-5,7-8,13-14H2,1H3. The van der Waals surface area contributed by atoms with Gasteiger partial charge in [0, 0.05) is 25.3 Å². The topological polar surface area (TPSA) is 76.5 Å². The Morgan fingerprint density at radius 1 is 1.41 bits per heavy atom. The zero-order chi connectivity index (χ0) is 12.3. The molecule has 2 rings (SSSR count). The SMILES string of the molecule is CN1CCOC(CNc2ccc(N)c(N)c2)C1. The number of likely N-dealkylation sites (N-methyl/N-ethyl adjacent to an activating group) is 1. The van der Waals surface area contributed by atoms with Gasteiger partial charge in [-0.15, -0.1) is 0 Å². The summed E-state index contributed by atoms with van der Waals surface area (Å²) in [4.78, 5) is 2.27. The lowest BCUT2D eigenvalue weighted by Crippen LogP contribution is -2.43. The maximum absolute atomic E-state index is 5.75. The molecule has 1 atom stereocenters. The van der Waals surface area contributed by atoms with E-state index < -0.39 is 0 Å². The van der Waals surface area contributed by atoms with Crippen molar-refractivity contribution in [2.75, 3.05) is 50.1 Å². The number of benzene rings is 1. The number of ether oxygens (including phenoxy) is 1. The van der Waals surface area contributed by atoms with E-state index in [4.69, 9.17) is 16.2 Å². The summed E-state index contributed by atoms with van der Waals surface area (Å²) in [5, 5.41) is 3.32. The minimum absolute atomic E-state index is 0.229. The summed E-state index contributed by atoms with van der Waals surface area (Å²) in [7, 11) is 2.11. The molecule has 1 aromatic carbocycles. The molecule has 0 aromatic heterocycles. The predicted octanol–water partition coefficient (Wildman–Crippen LogP) is 0.593. The maximum Gasteiger partial charge on any atom is 0.0874 e. The molecule has 1 aliphatic rings. The molecule has 1 heterocycles. The quantitative estimate of drug-likeness (QED) is 0.670. The summed E-state index contributed by atoms with van der Waals surface area (Å²) >= 11 is 0. The molecule has 0 saturated carbocycles. The van der Waals surface area contributed by atoms with Crippen molar-refractivity contribution in [3.05, 3.63) is 18.2 Å². The number of hydrogen-bond acceptors (Lipinski definition) is 5. The molecule has 94 valence electrons. The van der Waals surface area contributed by atoms with Crippen LogP contribution in [0.15, 0.2) is 18.2 Å². The van der Waals surface area contributed by atoms with Crippen molar-refractivity contribution < 1.29 is 4.74 Å². The van der Waals surface area contributed by atoms with Crippen molar-refractivity contribution in [2.24, 2.45) is 0 Å². The Morgan fingerprint density at radius 3 is 2.94 bits per heavy atom. The van der Waals surface area contributed by atoms with E-state index in [-0.39, 0.29) is 6.10 Å². The molecule has 0 spiro atoms. The molecule has 17 heavy (non-hydrogen) atoms. The first kappa shape index (κ1) is 12.0. The first-order valence-electron chi connectivity index (χ1n) is 5.84. The first-order valence-corrected chi connectivity index (χ1v) is 5.84. The van der Waals surface area contributed by atoms with Gasteiger partial charge in [-0.3, -0.25) is 0 Å². The van der Waals surface area contributed by atoms with Crippen molar-refractivity contribution in [3.63, 3.8) is 0 Å². The number of hydrogen-bond donors (Lipinski definition) is 3. The van der Waals surface area contributed by atoms with Gasteiger partial charge < -0.3 is 26.4 Å². The van der Waals surface area contributed by atoms with Crippen LogP contribution in [0.5, 0.6) is 0 Å². The Kier molecular flexibility index (Phi) is 3.71. The van der Waals surface area contributed by atoms with Gasteiger partial charge in [0.25, 0.3) is 0 Å². The van der Waals surface area contributed by atoms with Gasteiger partial charge in [-0.05, 0) is 25.2 Å². The van der Waals surface area contributed by atoms with E-state index >= 15 is 0 Å². The molecule has 1 saturated heterocycles. The number of morpholine rings is 1. The van der Waals surface area contributed by atoms with Crippen LogP contribution in [0.3, 0.4) is 0 Å². The number of nitrogens with two attached hydrogens (primary N) is 2. The fourth-order valence-corrected chi connectivity index (χ4v) is 1.91. The normalized spacial score (nSPS) is 21.4. The Hall–Kier alpha value is -1.46. The predicted molar refractivity (Wildman–Crippen MR) is 71.0 cm³/mol. The van der Waals surface area contributed by atoms with E-state index in [1.165, 1.54) is 0 Å². The largest absolute Gasteiger partial charge is 0.397 e. The van der Waals surface area contributed by atoms with Gasteiger partial charge >= 0.3 is 0 Å². The summed E-state index contributed by atoms with van der Waals surface area (Å²) in [5.74, 6) is 0. The lowest BCUT2D eigenvalue weighted by Gasteiger charge is -2.30. The van der Waals surface area contributed by atoms with Gasteiger partial charge in [0.15, 0.2) is 0 Å². The average molecular weight is 236 g/mol. The number of nitrogens with zero attached hydrogens (tertiary/aromatic N) is 1. The van der Waals surface area contributed by atoms with Gasteiger partial charge in [-0.2, -0.15) is 0 Å². The molecule has 0 bridgehead atoms. The molecule has 5 heteroatoms. The third-order valence-corrected chi connectivity index (χ3v) is 2.96. The van der Waals surface area contributed by atoms with Gasteiger partial charge in [0.1, 0.15) is 0 Å². The van der Waals surface area contributed by atoms with Gasteiger partial charge in [0.05, 0.1) is 24.1 Å². The summed E-state index contributed by atoms with van der Waals surface area (Å²) in [5.41, 5.74) is 13.6. The van der Waals surface area contributed by atoms with Crippen molar-refractivity contribution in [1.82, 2.24) is 4.90 Å². The number of anilines is 3.